The van der Waals surface area contributed by atoms with E-state index >= 15 is 0 Å². The molecule has 0 aromatic heterocycles. The summed E-state index contributed by atoms with van der Waals surface area (Å²) in [6.45, 7) is 6.26. The Morgan fingerprint density at radius 2 is 1.10 bits per heavy atom. The highest BCUT2D eigenvalue weighted by molar-refractivity contribution is 5.96. The lowest BCUT2D eigenvalue weighted by molar-refractivity contribution is -0.870. The maximum Gasteiger partial charge on any atom is 0.328 e. The van der Waals surface area contributed by atoms with Crippen molar-refractivity contribution < 1.29 is 23.5 Å². The minimum Gasteiger partial charge on any atom is -0.494 e. The summed E-state index contributed by atoms with van der Waals surface area (Å²) in [4.78, 5) is 25.0. The maximum absolute atomic E-state index is 12.6. The van der Waals surface area contributed by atoms with Crippen molar-refractivity contribution in [3.63, 3.8) is 0 Å². The average Bonchev–Trinajstić information content (AvgIpc) is 3.07. The van der Waals surface area contributed by atoms with Crippen LogP contribution in [0.15, 0.2) is 58.8 Å². The van der Waals surface area contributed by atoms with Gasteiger partial charge in [-0.1, -0.05) is 90.4 Å². The molecule has 0 saturated heterocycles. The Labute approximate surface area is 291 Å². The fourth-order valence-corrected chi connectivity index (χ4v) is 5.39. The van der Waals surface area contributed by atoms with Gasteiger partial charge in [-0.25, -0.2) is 4.79 Å². The number of rotatable bonds is 27. The van der Waals surface area contributed by atoms with Gasteiger partial charge in [0.05, 0.1) is 52.3 Å². The monoisotopic (exact) mass is 666 g/mol. The molecule has 0 fully saturated rings. The van der Waals surface area contributed by atoms with Crippen LogP contribution >= 0.6 is 0 Å². The zero-order chi connectivity index (χ0) is 34.9. The van der Waals surface area contributed by atoms with Gasteiger partial charge in [-0.2, -0.15) is 10.2 Å². The van der Waals surface area contributed by atoms with Crippen molar-refractivity contribution in [1.82, 2.24) is 5.32 Å². The van der Waals surface area contributed by atoms with Gasteiger partial charge in [0, 0.05) is 5.56 Å². The molecular weight excluding hydrogens is 600 g/mol. The third kappa shape index (κ3) is 20.2. The number of quaternary nitrogens is 1. The summed E-state index contributed by atoms with van der Waals surface area (Å²) in [5.74, 6) is 0.0962. The Bertz CT molecular complexity index is 1160. The molecule has 0 radical (unpaired) electrons. The molecule has 2 aromatic carbocycles. The standard InChI is InChI=1S/C40H64N4O4/c1-6-7-8-9-10-12-16-19-22-33-48-40(46)34(2)41-39(45)35-23-25-36(26-24-35)42-43-37-27-29-38(30-28-37)47-32-21-18-15-13-11-14-17-20-31-44(3,4)5/h23-30,34H,6-22,31-33H2,1-5H3/p+1/t34-/m0/s1. The fraction of sp³-hybridized carbons (Fsp3) is 0.650. The van der Waals surface area contributed by atoms with Crippen LogP contribution in [0.4, 0.5) is 11.4 Å². The van der Waals surface area contributed by atoms with E-state index in [4.69, 9.17) is 9.47 Å². The molecule has 0 aliphatic rings. The number of unbranched alkanes of at least 4 members (excludes halogenated alkanes) is 15. The number of ether oxygens (including phenoxy) is 2. The number of carbonyl (C=O) groups excluding carboxylic acids is 2. The van der Waals surface area contributed by atoms with Gasteiger partial charge in [-0.15, -0.1) is 0 Å². The molecule has 0 bridgehead atoms. The number of hydrogen-bond donors (Lipinski definition) is 1. The highest BCUT2D eigenvalue weighted by atomic mass is 16.5. The van der Waals surface area contributed by atoms with E-state index in [1.54, 1.807) is 31.2 Å². The van der Waals surface area contributed by atoms with E-state index in [1.807, 2.05) is 24.3 Å². The third-order valence-corrected chi connectivity index (χ3v) is 8.43. The van der Waals surface area contributed by atoms with Crippen molar-refractivity contribution in [2.24, 2.45) is 10.2 Å². The molecule has 0 saturated carbocycles. The van der Waals surface area contributed by atoms with Gasteiger partial charge in [0.15, 0.2) is 0 Å². The molecule has 0 unspecified atom stereocenters. The Hall–Kier alpha value is -3.26. The number of nitrogens with one attached hydrogen (secondary N) is 1. The third-order valence-electron chi connectivity index (χ3n) is 8.43. The summed E-state index contributed by atoms with van der Waals surface area (Å²) >= 11 is 0. The molecule has 8 heteroatoms. The van der Waals surface area contributed by atoms with E-state index in [0.717, 1.165) is 41.8 Å². The van der Waals surface area contributed by atoms with Crippen LogP contribution in [0.1, 0.15) is 133 Å². The van der Waals surface area contributed by atoms with Crippen molar-refractivity contribution in [3.8, 4) is 5.75 Å². The number of hydrogen-bond acceptors (Lipinski definition) is 6. The van der Waals surface area contributed by atoms with Gasteiger partial charge in [-0.3, -0.25) is 4.79 Å². The van der Waals surface area contributed by atoms with Crippen molar-refractivity contribution >= 4 is 23.3 Å². The van der Waals surface area contributed by atoms with Crippen molar-refractivity contribution in [2.45, 2.75) is 129 Å². The number of amides is 1. The van der Waals surface area contributed by atoms with Crippen molar-refractivity contribution in [1.29, 1.82) is 0 Å². The van der Waals surface area contributed by atoms with Gasteiger partial charge in [0.1, 0.15) is 11.8 Å². The van der Waals surface area contributed by atoms with E-state index in [1.165, 1.54) is 96.4 Å². The van der Waals surface area contributed by atoms with E-state index in [2.05, 4.69) is 43.6 Å². The van der Waals surface area contributed by atoms with E-state index in [9.17, 15) is 9.59 Å². The maximum atomic E-state index is 12.6. The van der Waals surface area contributed by atoms with Gasteiger partial charge >= 0.3 is 5.97 Å². The lowest BCUT2D eigenvalue weighted by atomic mass is 10.1. The molecule has 48 heavy (non-hydrogen) atoms. The second kappa shape index (κ2) is 24.8. The van der Waals surface area contributed by atoms with Crippen LogP contribution in [0.25, 0.3) is 0 Å². The number of benzene rings is 2. The fourth-order valence-electron chi connectivity index (χ4n) is 5.39. The molecule has 0 heterocycles. The number of carbonyl (C=O) groups is 2. The second-order valence-corrected chi connectivity index (χ2v) is 14.1. The average molecular weight is 666 g/mol. The second-order valence-electron chi connectivity index (χ2n) is 14.1. The lowest BCUT2D eigenvalue weighted by Gasteiger charge is -2.23. The summed E-state index contributed by atoms with van der Waals surface area (Å²) in [5, 5.41) is 11.3. The highest BCUT2D eigenvalue weighted by Gasteiger charge is 2.18. The summed E-state index contributed by atoms with van der Waals surface area (Å²) in [7, 11) is 6.78. The Morgan fingerprint density at radius 1 is 0.646 bits per heavy atom. The molecular formula is C40H65N4O4+. The lowest BCUT2D eigenvalue weighted by Crippen LogP contribution is -2.39. The molecule has 0 aliphatic carbocycles. The molecule has 1 amide bonds. The SMILES string of the molecule is CCCCCCCCCCCOC(=O)[C@H](C)NC(=O)c1ccc(N=Nc2ccc(OCCCCCCCCCC[N+](C)(C)C)cc2)cc1. The molecule has 0 aliphatic heterocycles. The van der Waals surface area contributed by atoms with Gasteiger partial charge in [0.2, 0.25) is 0 Å². The Balaban J connectivity index is 1.58. The van der Waals surface area contributed by atoms with Crippen molar-refractivity contribution in [3.05, 3.63) is 54.1 Å². The molecule has 1 N–H and O–H groups in total. The van der Waals surface area contributed by atoms with Crippen LogP contribution in [0, 0.1) is 0 Å². The molecule has 2 aromatic rings. The van der Waals surface area contributed by atoms with Crippen LogP contribution in [0.3, 0.4) is 0 Å². The van der Waals surface area contributed by atoms with Gasteiger partial charge in [-0.05, 0) is 81.1 Å². The normalized spacial score (nSPS) is 12.3. The molecule has 268 valence electrons. The molecule has 8 nitrogen and oxygen atoms in total. The first-order chi connectivity index (χ1) is 23.2. The van der Waals surface area contributed by atoms with Crippen LogP contribution in [-0.4, -0.2) is 63.3 Å². The predicted molar refractivity (Wildman–Crippen MR) is 198 cm³/mol. The quantitative estimate of drug-likeness (QED) is 0.0445. The summed E-state index contributed by atoms with van der Waals surface area (Å²) in [6, 6.07) is 13.7. The largest absolute Gasteiger partial charge is 0.494 e. The molecule has 1 atom stereocenters. The number of azo groups is 1. The first kappa shape index (κ1) is 40.9. The summed E-state index contributed by atoms with van der Waals surface area (Å²) in [5.41, 5.74) is 1.80. The summed E-state index contributed by atoms with van der Waals surface area (Å²) < 4.78 is 12.3. The first-order valence-corrected chi connectivity index (χ1v) is 18.7. The first-order valence-electron chi connectivity index (χ1n) is 18.7. The van der Waals surface area contributed by atoms with E-state index < -0.39 is 12.0 Å². The zero-order valence-electron chi connectivity index (χ0n) is 30.8. The van der Waals surface area contributed by atoms with Gasteiger partial charge < -0.3 is 19.3 Å². The van der Waals surface area contributed by atoms with Crippen LogP contribution in [0.2, 0.25) is 0 Å². The zero-order valence-corrected chi connectivity index (χ0v) is 30.8. The minimum absolute atomic E-state index is 0.330. The van der Waals surface area contributed by atoms with E-state index in [0.29, 0.717) is 17.9 Å². The van der Waals surface area contributed by atoms with Crippen LogP contribution in [-0.2, 0) is 9.53 Å². The smallest absolute Gasteiger partial charge is 0.328 e. The minimum atomic E-state index is -0.717. The Morgan fingerprint density at radius 3 is 1.62 bits per heavy atom. The molecule has 0 spiro atoms. The highest BCUT2D eigenvalue weighted by Crippen LogP contribution is 2.22. The summed E-state index contributed by atoms with van der Waals surface area (Å²) in [6.07, 6.45) is 21.1. The predicted octanol–water partition coefficient (Wildman–Crippen LogP) is 10.5. The van der Waals surface area contributed by atoms with Gasteiger partial charge in [0.25, 0.3) is 5.91 Å². The topological polar surface area (TPSA) is 89.3 Å². The number of nitrogens with zero attached hydrogens (tertiary/aromatic N) is 3. The number of esters is 1. The van der Waals surface area contributed by atoms with Crippen molar-refractivity contribution in [2.75, 3.05) is 40.9 Å². The van der Waals surface area contributed by atoms with Crippen LogP contribution < -0.4 is 10.1 Å². The van der Waals surface area contributed by atoms with Crippen LogP contribution in [0.5, 0.6) is 5.75 Å². The Kier molecular flexibility index (Phi) is 21.2. The molecule has 2 rings (SSSR count). The van der Waals surface area contributed by atoms with E-state index in [-0.39, 0.29) is 5.91 Å².